The fraction of sp³-hybridized carbons (Fsp3) is 0.615. The molecule has 0 saturated heterocycles. The summed E-state index contributed by atoms with van der Waals surface area (Å²) < 4.78 is 0. The van der Waals surface area contributed by atoms with Crippen molar-refractivity contribution in [3.8, 4) is 6.07 Å². The average Bonchev–Trinajstić information content (AvgIpc) is 3.13. The molecule has 1 aliphatic rings. The Morgan fingerprint density at radius 2 is 2.12 bits per heavy atom. The van der Waals surface area contributed by atoms with Gasteiger partial charge in [0.1, 0.15) is 11.6 Å². The summed E-state index contributed by atoms with van der Waals surface area (Å²) in [6.45, 7) is 4.67. The highest BCUT2D eigenvalue weighted by molar-refractivity contribution is 5.55. The van der Waals surface area contributed by atoms with Gasteiger partial charge in [-0.05, 0) is 38.2 Å². The lowest BCUT2D eigenvalue weighted by Crippen LogP contribution is -2.09. The monoisotopic (exact) mass is 230 g/mol. The molecule has 1 aromatic heterocycles. The van der Waals surface area contributed by atoms with E-state index in [1.165, 1.54) is 19.3 Å². The lowest BCUT2D eigenvalue weighted by Gasteiger charge is -2.09. The van der Waals surface area contributed by atoms with Gasteiger partial charge in [-0.3, -0.25) is 0 Å². The van der Waals surface area contributed by atoms with Gasteiger partial charge in [0.15, 0.2) is 5.82 Å². The zero-order valence-electron chi connectivity index (χ0n) is 10.5. The van der Waals surface area contributed by atoms with Crippen molar-refractivity contribution in [1.29, 1.82) is 5.26 Å². The quantitative estimate of drug-likeness (QED) is 0.790. The minimum atomic E-state index is 0.629. The van der Waals surface area contributed by atoms with Crippen LogP contribution in [0.25, 0.3) is 0 Å². The highest BCUT2D eigenvalue weighted by atomic mass is 15.2. The molecule has 1 N–H and O–H groups in total. The van der Waals surface area contributed by atoms with Crippen LogP contribution in [-0.4, -0.2) is 16.7 Å². The van der Waals surface area contributed by atoms with E-state index in [0.717, 1.165) is 30.1 Å². The molecule has 90 valence electrons. The van der Waals surface area contributed by atoms with Crippen molar-refractivity contribution in [1.82, 2.24) is 10.2 Å². The molecule has 0 aromatic carbocycles. The normalized spacial score (nSPS) is 14.4. The lowest BCUT2D eigenvalue weighted by atomic mass is 10.1. The van der Waals surface area contributed by atoms with E-state index in [-0.39, 0.29) is 0 Å². The summed E-state index contributed by atoms with van der Waals surface area (Å²) in [6, 6.07) is 2.20. The summed E-state index contributed by atoms with van der Waals surface area (Å²) in [7, 11) is 0. The number of aromatic nitrogens is 2. The smallest absolute Gasteiger partial charge is 0.166 e. The number of nitriles is 1. The van der Waals surface area contributed by atoms with Crippen LogP contribution in [0.4, 0.5) is 5.82 Å². The van der Waals surface area contributed by atoms with E-state index in [9.17, 15) is 0 Å². The highest BCUT2D eigenvalue weighted by Crippen LogP contribution is 2.33. The van der Waals surface area contributed by atoms with E-state index in [2.05, 4.69) is 21.6 Å². The Hall–Kier alpha value is -1.63. The number of nitrogens with one attached hydrogen (secondary N) is 1. The molecule has 0 bridgehead atoms. The van der Waals surface area contributed by atoms with Gasteiger partial charge < -0.3 is 5.32 Å². The second-order valence-corrected chi connectivity index (χ2v) is 4.76. The predicted molar refractivity (Wildman–Crippen MR) is 66.7 cm³/mol. The van der Waals surface area contributed by atoms with Gasteiger partial charge in [0.2, 0.25) is 0 Å². The number of rotatable bonds is 5. The Morgan fingerprint density at radius 3 is 2.76 bits per heavy atom. The first-order valence-electron chi connectivity index (χ1n) is 6.20. The molecular formula is C13H18N4. The minimum absolute atomic E-state index is 0.629. The van der Waals surface area contributed by atoms with Gasteiger partial charge in [-0.2, -0.15) is 10.4 Å². The summed E-state index contributed by atoms with van der Waals surface area (Å²) in [5.41, 5.74) is 2.38. The standard InChI is InChI=1S/C13H18N4/c1-9-10(2)16-17-13(12(9)8-14)15-7-3-4-11-5-6-11/h11H,3-7H2,1-2H3,(H,15,17). The van der Waals surface area contributed by atoms with E-state index >= 15 is 0 Å². The second-order valence-electron chi connectivity index (χ2n) is 4.76. The van der Waals surface area contributed by atoms with Gasteiger partial charge in [0.25, 0.3) is 0 Å². The van der Waals surface area contributed by atoms with Crippen molar-refractivity contribution in [2.24, 2.45) is 5.92 Å². The Morgan fingerprint density at radius 1 is 1.35 bits per heavy atom. The Kier molecular flexibility index (Phi) is 3.58. The minimum Gasteiger partial charge on any atom is -0.367 e. The van der Waals surface area contributed by atoms with Gasteiger partial charge in [-0.25, -0.2) is 0 Å². The fourth-order valence-corrected chi connectivity index (χ4v) is 1.87. The molecule has 0 spiro atoms. The lowest BCUT2D eigenvalue weighted by molar-refractivity contribution is 0.685. The topological polar surface area (TPSA) is 61.6 Å². The second kappa shape index (κ2) is 5.13. The van der Waals surface area contributed by atoms with E-state index in [1.807, 2.05) is 13.8 Å². The largest absolute Gasteiger partial charge is 0.367 e. The van der Waals surface area contributed by atoms with Crippen LogP contribution in [-0.2, 0) is 0 Å². The summed E-state index contributed by atoms with van der Waals surface area (Å²) in [6.07, 6.45) is 5.22. The Labute approximate surface area is 102 Å². The van der Waals surface area contributed by atoms with Crippen LogP contribution in [0.3, 0.4) is 0 Å². The van der Waals surface area contributed by atoms with Crippen molar-refractivity contribution in [3.63, 3.8) is 0 Å². The van der Waals surface area contributed by atoms with Crippen LogP contribution in [0.2, 0.25) is 0 Å². The predicted octanol–water partition coefficient (Wildman–Crippen LogP) is 2.57. The molecule has 1 aromatic rings. The first-order chi connectivity index (χ1) is 8.22. The molecule has 0 unspecified atom stereocenters. The van der Waals surface area contributed by atoms with Gasteiger partial charge in [-0.15, -0.1) is 5.10 Å². The molecule has 1 fully saturated rings. The molecule has 17 heavy (non-hydrogen) atoms. The molecule has 1 aliphatic carbocycles. The van der Waals surface area contributed by atoms with Crippen molar-refractivity contribution >= 4 is 5.82 Å². The van der Waals surface area contributed by atoms with Gasteiger partial charge in [0, 0.05) is 6.54 Å². The SMILES string of the molecule is Cc1nnc(NCCCC2CC2)c(C#N)c1C. The van der Waals surface area contributed by atoms with E-state index in [4.69, 9.17) is 5.26 Å². The molecule has 0 atom stereocenters. The zero-order chi connectivity index (χ0) is 12.3. The van der Waals surface area contributed by atoms with E-state index in [0.29, 0.717) is 11.4 Å². The van der Waals surface area contributed by atoms with E-state index < -0.39 is 0 Å². The maximum absolute atomic E-state index is 9.12. The highest BCUT2D eigenvalue weighted by Gasteiger charge is 2.20. The Balaban J connectivity index is 1.94. The van der Waals surface area contributed by atoms with Gasteiger partial charge >= 0.3 is 0 Å². The first-order valence-corrected chi connectivity index (χ1v) is 6.20. The van der Waals surface area contributed by atoms with Crippen LogP contribution >= 0.6 is 0 Å². The Bertz CT molecular complexity index is 443. The number of hydrogen-bond acceptors (Lipinski definition) is 4. The van der Waals surface area contributed by atoms with Crippen LogP contribution < -0.4 is 5.32 Å². The third-order valence-corrected chi connectivity index (χ3v) is 3.34. The first kappa shape index (κ1) is 11.8. The van der Waals surface area contributed by atoms with Crippen molar-refractivity contribution in [2.75, 3.05) is 11.9 Å². The average molecular weight is 230 g/mol. The summed E-state index contributed by atoms with van der Waals surface area (Å²) >= 11 is 0. The van der Waals surface area contributed by atoms with Crippen LogP contribution in [0.15, 0.2) is 0 Å². The number of hydrogen-bond donors (Lipinski definition) is 1. The third-order valence-electron chi connectivity index (χ3n) is 3.34. The van der Waals surface area contributed by atoms with Crippen molar-refractivity contribution in [3.05, 3.63) is 16.8 Å². The molecular weight excluding hydrogens is 212 g/mol. The third kappa shape index (κ3) is 2.94. The molecule has 4 nitrogen and oxygen atoms in total. The van der Waals surface area contributed by atoms with Gasteiger partial charge in [-0.1, -0.05) is 12.8 Å². The maximum Gasteiger partial charge on any atom is 0.166 e. The number of nitrogens with zero attached hydrogens (tertiary/aromatic N) is 3. The zero-order valence-corrected chi connectivity index (χ0v) is 10.5. The molecule has 1 heterocycles. The van der Waals surface area contributed by atoms with E-state index in [1.54, 1.807) is 0 Å². The van der Waals surface area contributed by atoms with Crippen molar-refractivity contribution < 1.29 is 0 Å². The summed E-state index contributed by atoms with van der Waals surface area (Å²) in [5.74, 6) is 1.59. The number of aryl methyl sites for hydroxylation is 1. The number of anilines is 1. The maximum atomic E-state index is 9.12. The van der Waals surface area contributed by atoms with Crippen molar-refractivity contribution in [2.45, 2.75) is 39.5 Å². The molecule has 2 rings (SSSR count). The summed E-state index contributed by atoms with van der Waals surface area (Å²) in [5, 5.41) is 20.4. The molecule has 4 heteroatoms. The van der Waals surface area contributed by atoms with Gasteiger partial charge in [0.05, 0.1) is 5.69 Å². The van der Waals surface area contributed by atoms with Crippen LogP contribution in [0, 0.1) is 31.1 Å². The molecule has 1 saturated carbocycles. The molecule has 0 aliphatic heterocycles. The molecule has 0 amide bonds. The van der Waals surface area contributed by atoms with Crippen LogP contribution in [0.5, 0.6) is 0 Å². The summed E-state index contributed by atoms with van der Waals surface area (Å²) in [4.78, 5) is 0. The van der Waals surface area contributed by atoms with Crippen LogP contribution in [0.1, 0.15) is 42.5 Å². The fourth-order valence-electron chi connectivity index (χ4n) is 1.87. The molecule has 0 radical (unpaired) electrons.